The molecule has 1 aliphatic rings. The molecule has 2 rings (SSSR count). The summed E-state index contributed by atoms with van der Waals surface area (Å²) in [5, 5.41) is 2.79. The lowest BCUT2D eigenvalue weighted by Gasteiger charge is -2.33. The van der Waals surface area contributed by atoms with Crippen molar-refractivity contribution >= 4 is 17.3 Å². The van der Waals surface area contributed by atoms with Gasteiger partial charge in [0.1, 0.15) is 0 Å². The first-order valence-electron chi connectivity index (χ1n) is 7.04. The molecule has 0 bridgehead atoms. The van der Waals surface area contributed by atoms with E-state index in [2.05, 4.69) is 17.1 Å². The van der Waals surface area contributed by atoms with Crippen LogP contribution >= 0.6 is 0 Å². The maximum absolute atomic E-state index is 11.7. The molecule has 0 aromatic heterocycles. The largest absolute Gasteiger partial charge is 0.397 e. The molecule has 19 heavy (non-hydrogen) atoms. The fourth-order valence-corrected chi connectivity index (χ4v) is 2.50. The quantitative estimate of drug-likeness (QED) is 0.821. The third-order valence-electron chi connectivity index (χ3n) is 3.75. The number of piperidine rings is 1. The molecule has 0 unspecified atom stereocenters. The van der Waals surface area contributed by atoms with Crippen LogP contribution in [-0.2, 0) is 0 Å². The van der Waals surface area contributed by atoms with Crippen molar-refractivity contribution in [3.8, 4) is 0 Å². The SMILES string of the molecule is CCNC(=O)c1ccc(N2CCC(C)CC2)c(N)c1. The van der Waals surface area contributed by atoms with E-state index in [0.29, 0.717) is 17.8 Å². The molecular weight excluding hydrogens is 238 g/mol. The Kier molecular flexibility index (Phi) is 4.30. The standard InChI is InChI=1S/C15H23N3O/c1-3-17-15(19)12-4-5-14(13(16)10-12)18-8-6-11(2)7-9-18/h4-5,10-11H,3,6-9,16H2,1-2H3,(H,17,19). The van der Waals surface area contributed by atoms with Gasteiger partial charge in [0.2, 0.25) is 0 Å². The molecule has 104 valence electrons. The number of nitrogens with one attached hydrogen (secondary N) is 1. The minimum Gasteiger partial charge on any atom is -0.397 e. The predicted molar refractivity (Wildman–Crippen MR) is 79.5 cm³/mol. The molecule has 1 aromatic carbocycles. The maximum atomic E-state index is 11.7. The summed E-state index contributed by atoms with van der Waals surface area (Å²) < 4.78 is 0. The second-order valence-electron chi connectivity index (χ2n) is 5.30. The lowest BCUT2D eigenvalue weighted by Crippen LogP contribution is -2.33. The molecule has 0 radical (unpaired) electrons. The second kappa shape index (κ2) is 5.95. The van der Waals surface area contributed by atoms with Crippen LogP contribution < -0.4 is 16.0 Å². The van der Waals surface area contributed by atoms with E-state index < -0.39 is 0 Å². The molecule has 1 heterocycles. The summed E-state index contributed by atoms with van der Waals surface area (Å²) in [6.45, 7) is 6.92. The van der Waals surface area contributed by atoms with Crippen LogP contribution in [0.1, 0.15) is 37.0 Å². The highest BCUT2D eigenvalue weighted by atomic mass is 16.1. The van der Waals surface area contributed by atoms with Gasteiger partial charge >= 0.3 is 0 Å². The minimum absolute atomic E-state index is 0.0620. The lowest BCUT2D eigenvalue weighted by molar-refractivity contribution is 0.0956. The summed E-state index contributed by atoms with van der Waals surface area (Å²) in [4.78, 5) is 14.1. The number of nitrogens with zero attached hydrogens (tertiary/aromatic N) is 1. The van der Waals surface area contributed by atoms with Gasteiger partial charge in [0, 0.05) is 25.2 Å². The van der Waals surface area contributed by atoms with E-state index in [1.165, 1.54) is 12.8 Å². The third-order valence-corrected chi connectivity index (χ3v) is 3.75. The Morgan fingerprint density at radius 3 is 2.68 bits per heavy atom. The molecule has 0 aliphatic carbocycles. The molecule has 1 amide bonds. The number of hydrogen-bond acceptors (Lipinski definition) is 3. The molecular formula is C15H23N3O. The van der Waals surface area contributed by atoms with Crippen LogP contribution in [0.25, 0.3) is 0 Å². The van der Waals surface area contributed by atoms with Crippen LogP contribution in [0, 0.1) is 5.92 Å². The molecule has 0 atom stereocenters. The Labute approximate surface area is 115 Å². The van der Waals surface area contributed by atoms with Crippen molar-refractivity contribution in [2.45, 2.75) is 26.7 Å². The molecule has 0 saturated carbocycles. The summed E-state index contributed by atoms with van der Waals surface area (Å²) in [6.07, 6.45) is 2.41. The van der Waals surface area contributed by atoms with Gasteiger partial charge in [0.15, 0.2) is 0 Å². The maximum Gasteiger partial charge on any atom is 0.251 e. The summed E-state index contributed by atoms with van der Waals surface area (Å²) in [7, 11) is 0. The zero-order valence-corrected chi connectivity index (χ0v) is 11.8. The Hall–Kier alpha value is -1.71. The van der Waals surface area contributed by atoms with E-state index in [1.807, 2.05) is 19.1 Å². The van der Waals surface area contributed by atoms with Crippen molar-refractivity contribution in [2.75, 3.05) is 30.3 Å². The molecule has 0 spiro atoms. The van der Waals surface area contributed by atoms with Crippen LogP contribution in [0.2, 0.25) is 0 Å². The average Bonchev–Trinajstić information content (AvgIpc) is 2.40. The van der Waals surface area contributed by atoms with Gasteiger partial charge in [-0.2, -0.15) is 0 Å². The minimum atomic E-state index is -0.0620. The van der Waals surface area contributed by atoms with Gasteiger partial charge in [0.05, 0.1) is 11.4 Å². The smallest absolute Gasteiger partial charge is 0.251 e. The van der Waals surface area contributed by atoms with Gasteiger partial charge in [-0.15, -0.1) is 0 Å². The second-order valence-corrected chi connectivity index (χ2v) is 5.30. The highest BCUT2D eigenvalue weighted by molar-refractivity contribution is 5.96. The van der Waals surface area contributed by atoms with E-state index in [9.17, 15) is 4.79 Å². The number of hydrogen-bond donors (Lipinski definition) is 2. The first-order valence-corrected chi connectivity index (χ1v) is 7.04. The van der Waals surface area contributed by atoms with Crippen LogP contribution in [0.4, 0.5) is 11.4 Å². The molecule has 4 nitrogen and oxygen atoms in total. The zero-order chi connectivity index (χ0) is 13.8. The number of nitrogen functional groups attached to an aromatic ring is 1. The summed E-state index contributed by atoms with van der Waals surface area (Å²) in [6, 6.07) is 5.60. The molecule has 1 saturated heterocycles. The first-order chi connectivity index (χ1) is 9.11. The average molecular weight is 261 g/mol. The van der Waals surface area contributed by atoms with Crippen molar-refractivity contribution < 1.29 is 4.79 Å². The van der Waals surface area contributed by atoms with Crippen molar-refractivity contribution in [3.63, 3.8) is 0 Å². The molecule has 1 aromatic rings. The fraction of sp³-hybridized carbons (Fsp3) is 0.533. The van der Waals surface area contributed by atoms with Crippen molar-refractivity contribution in [1.82, 2.24) is 5.32 Å². The number of carbonyl (C=O) groups excluding carboxylic acids is 1. The summed E-state index contributed by atoms with van der Waals surface area (Å²) >= 11 is 0. The highest BCUT2D eigenvalue weighted by Gasteiger charge is 2.18. The van der Waals surface area contributed by atoms with Gasteiger partial charge in [0.25, 0.3) is 5.91 Å². The van der Waals surface area contributed by atoms with Gasteiger partial charge in [-0.3, -0.25) is 4.79 Å². The molecule has 1 fully saturated rings. The predicted octanol–water partition coefficient (Wildman–Crippen LogP) is 2.25. The van der Waals surface area contributed by atoms with Gasteiger partial charge < -0.3 is 16.0 Å². The number of nitrogens with two attached hydrogens (primary N) is 1. The molecule has 4 heteroatoms. The number of anilines is 2. The number of amides is 1. The monoisotopic (exact) mass is 261 g/mol. The summed E-state index contributed by atoms with van der Waals surface area (Å²) in [5.74, 6) is 0.736. The molecule has 1 aliphatic heterocycles. The van der Waals surface area contributed by atoms with Crippen LogP contribution in [0.3, 0.4) is 0 Å². The topological polar surface area (TPSA) is 58.4 Å². The van der Waals surface area contributed by atoms with E-state index in [-0.39, 0.29) is 5.91 Å². The van der Waals surface area contributed by atoms with E-state index in [1.54, 1.807) is 6.07 Å². The Morgan fingerprint density at radius 2 is 2.11 bits per heavy atom. The van der Waals surface area contributed by atoms with Crippen LogP contribution in [0.15, 0.2) is 18.2 Å². The fourth-order valence-electron chi connectivity index (χ4n) is 2.50. The van der Waals surface area contributed by atoms with Crippen LogP contribution in [-0.4, -0.2) is 25.5 Å². The Bertz CT molecular complexity index is 451. The third kappa shape index (κ3) is 3.19. The van der Waals surface area contributed by atoms with E-state index >= 15 is 0 Å². The lowest BCUT2D eigenvalue weighted by atomic mass is 9.98. The Balaban J connectivity index is 2.13. The zero-order valence-electron chi connectivity index (χ0n) is 11.8. The van der Waals surface area contributed by atoms with Gasteiger partial charge in [-0.1, -0.05) is 6.92 Å². The van der Waals surface area contributed by atoms with Crippen molar-refractivity contribution in [1.29, 1.82) is 0 Å². The number of benzene rings is 1. The number of carbonyl (C=O) groups is 1. The van der Waals surface area contributed by atoms with Crippen LogP contribution in [0.5, 0.6) is 0 Å². The van der Waals surface area contributed by atoms with E-state index in [4.69, 9.17) is 5.73 Å². The van der Waals surface area contributed by atoms with E-state index in [0.717, 1.165) is 24.7 Å². The Morgan fingerprint density at radius 1 is 1.42 bits per heavy atom. The molecule has 3 N–H and O–H groups in total. The normalized spacial score (nSPS) is 16.4. The summed E-state index contributed by atoms with van der Waals surface area (Å²) in [5.41, 5.74) is 8.48. The number of rotatable bonds is 3. The van der Waals surface area contributed by atoms with Crippen molar-refractivity contribution in [2.24, 2.45) is 5.92 Å². The highest BCUT2D eigenvalue weighted by Crippen LogP contribution is 2.28. The van der Waals surface area contributed by atoms with Gasteiger partial charge in [-0.05, 0) is 43.9 Å². The first kappa shape index (κ1) is 13.7. The van der Waals surface area contributed by atoms with Gasteiger partial charge in [-0.25, -0.2) is 0 Å². The van der Waals surface area contributed by atoms with Crippen molar-refractivity contribution in [3.05, 3.63) is 23.8 Å².